The summed E-state index contributed by atoms with van der Waals surface area (Å²) in [4.78, 5) is 22.6. The zero-order valence-electron chi connectivity index (χ0n) is 14.3. The van der Waals surface area contributed by atoms with Crippen LogP contribution in [0.3, 0.4) is 0 Å². The number of carbonyl (C=O) groups is 1. The summed E-state index contributed by atoms with van der Waals surface area (Å²) in [6, 6.07) is 5.21. The molecule has 7 nitrogen and oxygen atoms in total. The smallest absolute Gasteiger partial charge is 0.253 e. The molecule has 7 heteroatoms. The fourth-order valence-corrected chi connectivity index (χ4v) is 2.85. The first-order valence-corrected chi connectivity index (χ1v) is 8.15. The van der Waals surface area contributed by atoms with Gasteiger partial charge in [-0.2, -0.15) is 0 Å². The van der Waals surface area contributed by atoms with Crippen molar-refractivity contribution in [3.05, 3.63) is 42.4 Å². The predicted molar refractivity (Wildman–Crippen MR) is 91.1 cm³/mol. The number of piperidine rings is 1. The van der Waals surface area contributed by atoms with Crippen molar-refractivity contribution in [2.24, 2.45) is 0 Å². The number of likely N-dealkylation sites (tertiary alicyclic amines) is 1. The molecule has 1 fully saturated rings. The molecular formula is C18H21N3O4. The van der Waals surface area contributed by atoms with E-state index in [1.807, 2.05) is 4.90 Å². The molecule has 0 unspecified atom stereocenters. The Hall–Kier alpha value is -2.83. The van der Waals surface area contributed by atoms with Crippen molar-refractivity contribution in [2.75, 3.05) is 27.3 Å². The first-order valence-electron chi connectivity index (χ1n) is 8.15. The van der Waals surface area contributed by atoms with Crippen molar-refractivity contribution in [1.82, 2.24) is 14.9 Å². The van der Waals surface area contributed by atoms with Crippen LogP contribution >= 0.6 is 0 Å². The average Bonchev–Trinajstić information content (AvgIpc) is 2.68. The third-order valence-corrected chi connectivity index (χ3v) is 4.19. The van der Waals surface area contributed by atoms with Gasteiger partial charge in [0.05, 0.1) is 20.4 Å². The van der Waals surface area contributed by atoms with E-state index in [0.29, 0.717) is 36.0 Å². The Bertz CT molecular complexity index is 716. The summed E-state index contributed by atoms with van der Waals surface area (Å²) in [6.45, 7) is 1.27. The van der Waals surface area contributed by atoms with Gasteiger partial charge in [-0.3, -0.25) is 9.78 Å². The van der Waals surface area contributed by atoms with Gasteiger partial charge in [0.15, 0.2) is 11.5 Å². The number of amides is 1. The van der Waals surface area contributed by atoms with Crippen LogP contribution in [-0.4, -0.2) is 54.2 Å². The summed E-state index contributed by atoms with van der Waals surface area (Å²) < 4.78 is 16.3. The molecule has 0 spiro atoms. The van der Waals surface area contributed by atoms with E-state index >= 15 is 0 Å². The minimum atomic E-state index is -0.0149. The number of benzene rings is 1. The highest BCUT2D eigenvalue weighted by Gasteiger charge is 2.25. The Morgan fingerprint density at radius 2 is 1.88 bits per heavy atom. The van der Waals surface area contributed by atoms with Gasteiger partial charge in [0.2, 0.25) is 5.88 Å². The molecule has 0 bridgehead atoms. The van der Waals surface area contributed by atoms with Crippen LogP contribution in [0.15, 0.2) is 36.8 Å². The maximum Gasteiger partial charge on any atom is 0.253 e. The van der Waals surface area contributed by atoms with Crippen molar-refractivity contribution < 1.29 is 19.0 Å². The van der Waals surface area contributed by atoms with Gasteiger partial charge in [-0.1, -0.05) is 0 Å². The van der Waals surface area contributed by atoms with Crippen LogP contribution in [0.4, 0.5) is 0 Å². The first-order chi connectivity index (χ1) is 12.2. The molecule has 2 aromatic rings. The van der Waals surface area contributed by atoms with E-state index in [9.17, 15) is 4.79 Å². The second-order valence-corrected chi connectivity index (χ2v) is 5.72. The molecule has 1 aromatic carbocycles. The fourth-order valence-electron chi connectivity index (χ4n) is 2.85. The van der Waals surface area contributed by atoms with Gasteiger partial charge in [-0.15, -0.1) is 0 Å². The minimum Gasteiger partial charge on any atom is -0.493 e. The maximum atomic E-state index is 12.7. The SMILES string of the molecule is COc1ccc(C(=O)N2CCC(Oc3cnccn3)CC2)cc1OC. The lowest BCUT2D eigenvalue weighted by Crippen LogP contribution is -2.41. The molecule has 0 saturated carbocycles. The van der Waals surface area contributed by atoms with Crippen LogP contribution in [0.5, 0.6) is 17.4 Å². The minimum absolute atomic E-state index is 0.0149. The van der Waals surface area contributed by atoms with Gasteiger partial charge in [0.1, 0.15) is 6.10 Å². The third-order valence-electron chi connectivity index (χ3n) is 4.19. The average molecular weight is 343 g/mol. The normalized spacial score (nSPS) is 14.9. The lowest BCUT2D eigenvalue weighted by molar-refractivity contribution is 0.0586. The Morgan fingerprint density at radius 1 is 1.12 bits per heavy atom. The lowest BCUT2D eigenvalue weighted by atomic mass is 10.1. The summed E-state index contributed by atoms with van der Waals surface area (Å²) >= 11 is 0. The highest BCUT2D eigenvalue weighted by molar-refractivity contribution is 5.95. The van der Waals surface area contributed by atoms with Crippen molar-refractivity contribution in [3.8, 4) is 17.4 Å². The second-order valence-electron chi connectivity index (χ2n) is 5.72. The molecule has 1 aliphatic heterocycles. The summed E-state index contributed by atoms with van der Waals surface area (Å²) in [5.41, 5.74) is 0.589. The summed E-state index contributed by atoms with van der Waals surface area (Å²) in [6.07, 6.45) is 6.38. The number of methoxy groups -OCH3 is 2. The van der Waals surface area contributed by atoms with Crippen LogP contribution in [0.25, 0.3) is 0 Å². The van der Waals surface area contributed by atoms with Crippen molar-refractivity contribution in [1.29, 1.82) is 0 Å². The molecule has 0 aliphatic carbocycles. The Morgan fingerprint density at radius 3 is 2.52 bits per heavy atom. The molecule has 2 heterocycles. The quantitative estimate of drug-likeness (QED) is 0.828. The molecule has 1 aliphatic rings. The topological polar surface area (TPSA) is 73.8 Å². The van der Waals surface area contributed by atoms with Crippen LogP contribution in [0.1, 0.15) is 23.2 Å². The van der Waals surface area contributed by atoms with E-state index in [1.165, 1.54) is 0 Å². The molecule has 1 amide bonds. The highest BCUT2D eigenvalue weighted by Crippen LogP contribution is 2.28. The van der Waals surface area contributed by atoms with Crippen LogP contribution in [0.2, 0.25) is 0 Å². The second kappa shape index (κ2) is 7.83. The number of rotatable bonds is 5. The summed E-state index contributed by atoms with van der Waals surface area (Å²) in [7, 11) is 3.13. The standard InChI is InChI=1S/C18H21N3O4/c1-23-15-4-3-13(11-16(15)24-2)18(22)21-9-5-14(6-10-21)25-17-12-19-7-8-20-17/h3-4,7-8,11-12,14H,5-6,9-10H2,1-2H3. The highest BCUT2D eigenvalue weighted by atomic mass is 16.5. The third kappa shape index (κ3) is 3.99. The van der Waals surface area contributed by atoms with Crippen molar-refractivity contribution in [3.63, 3.8) is 0 Å². The molecule has 1 aromatic heterocycles. The zero-order chi connectivity index (χ0) is 17.6. The number of ether oxygens (including phenoxy) is 3. The lowest BCUT2D eigenvalue weighted by Gasteiger charge is -2.32. The van der Waals surface area contributed by atoms with Crippen LogP contribution < -0.4 is 14.2 Å². The van der Waals surface area contributed by atoms with E-state index in [2.05, 4.69) is 9.97 Å². The maximum absolute atomic E-state index is 12.7. The molecule has 25 heavy (non-hydrogen) atoms. The first kappa shape index (κ1) is 17.0. The van der Waals surface area contributed by atoms with Gasteiger partial charge in [-0.25, -0.2) is 4.98 Å². The molecule has 0 atom stereocenters. The molecule has 3 rings (SSSR count). The van der Waals surface area contributed by atoms with E-state index in [-0.39, 0.29) is 12.0 Å². The van der Waals surface area contributed by atoms with E-state index in [0.717, 1.165) is 12.8 Å². The van der Waals surface area contributed by atoms with Crippen molar-refractivity contribution in [2.45, 2.75) is 18.9 Å². The number of carbonyl (C=O) groups excluding carboxylic acids is 1. The largest absolute Gasteiger partial charge is 0.493 e. The number of hydrogen-bond acceptors (Lipinski definition) is 6. The molecule has 0 radical (unpaired) electrons. The van der Waals surface area contributed by atoms with E-state index < -0.39 is 0 Å². The number of hydrogen-bond donors (Lipinski definition) is 0. The van der Waals surface area contributed by atoms with E-state index in [4.69, 9.17) is 14.2 Å². The monoisotopic (exact) mass is 343 g/mol. The van der Waals surface area contributed by atoms with Gasteiger partial charge >= 0.3 is 0 Å². The predicted octanol–water partition coefficient (Wildman–Crippen LogP) is 2.18. The van der Waals surface area contributed by atoms with Crippen LogP contribution in [0, 0.1) is 0 Å². The Balaban J connectivity index is 1.60. The van der Waals surface area contributed by atoms with Gasteiger partial charge in [0, 0.05) is 43.9 Å². The van der Waals surface area contributed by atoms with Gasteiger partial charge < -0.3 is 19.1 Å². The van der Waals surface area contributed by atoms with Gasteiger partial charge in [0.25, 0.3) is 5.91 Å². The molecule has 132 valence electrons. The number of aromatic nitrogens is 2. The molecule has 1 saturated heterocycles. The summed E-state index contributed by atoms with van der Waals surface area (Å²) in [5.74, 6) is 1.66. The molecular weight excluding hydrogens is 322 g/mol. The Labute approximate surface area is 146 Å². The fraction of sp³-hybridized carbons (Fsp3) is 0.389. The zero-order valence-corrected chi connectivity index (χ0v) is 14.3. The van der Waals surface area contributed by atoms with Crippen molar-refractivity contribution >= 4 is 5.91 Å². The summed E-state index contributed by atoms with van der Waals surface area (Å²) in [5, 5.41) is 0. The van der Waals surface area contributed by atoms with Gasteiger partial charge in [-0.05, 0) is 18.2 Å². The van der Waals surface area contributed by atoms with Crippen LogP contribution in [-0.2, 0) is 0 Å². The Kier molecular flexibility index (Phi) is 5.33. The molecule has 0 N–H and O–H groups in total. The van der Waals surface area contributed by atoms with E-state index in [1.54, 1.807) is 51.0 Å². The number of nitrogens with zero attached hydrogens (tertiary/aromatic N) is 3.